The second-order valence-electron chi connectivity index (χ2n) is 4.68. The zero-order valence-electron chi connectivity index (χ0n) is 10.8. The summed E-state index contributed by atoms with van der Waals surface area (Å²) in [7, 11) is 0. The third-order valence-electron chi connectivity index (χ3n) is 3.55. The highest BCUT2D eigenvalue weighted by Crippen LogP contribution is 2.23. The highest BCUT2D eigenvalue weighted by molar-refractivity contribution is 4.68. The summed E-state index contributed by atoms with van der Waals surface area (Å²) >= 11 is 0. The van der Waals surface area contributed by atoms with Crippen LogP contribution in [-0.2, 0) is 0 Å². The Bertz CT molecular complexity index is 118. The number of hydrogen-bond donors (Lipinski definition) is 1. The van der Waals surface area contributed by atoms with Crippen LogP contribution in [0.15, 0.2) is 0 Å². The van der Waals surface area contributed by atoms with E-state index in [-0.39, 0.29) is 0 Å². The number of nitrogens with one attached hydrogen (secondary N) is 1. The maximum absolute atomic E-state index is 3.44. The van der Waals surface area contributed by atoms with Crippen LogP contribution in [0.1, 0.15) is 53.9 Å². The third kappa shape index (κ3) is 5.64. The summed E-state index contributed by atoms with van der Waals surface area (Å²) in [5.74, 6) is 2.61. The molecule has 0 spiro atoms. The maximum atomic E-state index is 3.44. The van der Waals surface area contributed by atoms with Gasteiger partial charge in [-0.05, 0) is 37.3 Å². The Morgan fingerprint density at radius 3 is 1.93 bits per heavy atom. The molecule has 0 aromatic heterocycles. The molecule has 0 aliphatic rings. The van der Waals surface area contributed by atoms with Crippen LogP contribution in [0.5, 0.6) is 0 Å². The van der Waals surface area contributed by atoms with Crippen LogP contribution in [0.3, 0.4) is 0 Å². The third-order valence-corrected chi connectivity index (χ3v) is 3.55. The predicted molar refractivity (Wildman–Crippen MR) is 65.6 cm³/mol. The molecule has 0 amide bonds. The van der Waals surface area contributed by atoms with Crippen LogP contribution in [0.25, 0.3) is 0 Å². The second-order valence-corrected chi connectivity index (χ2v) is 4.68. The predicted octanol–water partition coefficient (Wildman–Crippen LogP) is 3.69. The zero-order valence-corrected chi connectivity index (χ0v) is 10.8. The van der Waals surface area contributed by atoms with Gasteiger partial charge in [0.2, 0.25) is 0 Å². The van der Waals surface area contributed by atoms with E-state index in [2.05, 4.69) is 39.9 Å². The molecule has 1 heteroatoms. The minimum Gasteiger partial charge on any atom is -0.317 e. The largest absolute Gasteiger partial charge is 0.317 e. The molecule has 1 N–H and O–H groups in total. The van der Waals surface area contributed by atoms with Crippen molar-refractivity contribution in [1.82, 2.24) is 5.32 Å². The van der Waals surface area contributed by atoms with Crippen LogP contribution in [0.4, 0.5) is 0 Å². The minimum atomic E-state index is 0.815. The van der Waals surface area contributed by atoms with Gasteiger partial charge in [-0.3, -0.25) is 0 Å². The standard InChI is InChI=1S/C13H29N/c1-6-13(7-2)9-11(4)12(5)10-14-8-3/h11-14H,6-10H2,1-5H3. The lowest BCUT2D eigenvalue weighted by Gasteiger charge is -2.24. The molecule has 0 fully saturated rings. The van der Waals surface area contributed by atoms with Crippen molar-refractivity contribution in [1.29, 1.82) is 0 Å². The Morgan fingerprint density at radius 2 is 1.50 bits per heavy atom. The number of hydrogen-bond acceptors (Lipinski definition) is 1. The molecule has 0 aliphatic carbocycles. The highest BCUT2D eigenvalue weighted by Gasteiger charge is 2.15. The van der Waals surface area contributed by atoms with E-state index in [1.54, 1.807) is 0 Å². The quantitative estimate of drug-likeness (QED) is 0.628. The lowest BCUT2D eigenvalue weighted by atomic mass is 9.84. The first-order valence-corrected chi connectivity index (χ1v) is 6.36. The van der Waals surface area contributed by atoms with Gasteiger partial charge < -0.3 is 5.32 Å². The van der Waals surface area contributed by atoms with E-state index in [1.807, 2.05) is 0 Å². The molecule has 0 radical (unpaired) electrons. The van der Waals surface area contributed by atoms with Crippen molar-refractivity contribution in [3.63, 3.8) is 0 Å². The molecule has 1 nitrogen and oxygen atoms in total. The van der Waals surface area contributed by atoms with Gasteiger partial charge in [-0.2, -0.15) is 0 Å². The van der Waals surface area contributed by atoms with E-state index >= 15 is 0 Å². The lowest BCUT2D eigenvalue weighted by molar-refractivity contribution is 0.286. The fraction of sp³-hybridized carbons (Fsp3) is 1.00. The smallest absolute Gasteiger partial charge is 0.00207 e. The fourth-order valence-electron chi connectivity index (χ4n) is 1.95. The summed E-state index contributed by atoms with van der Waals surface area (Å²) in [5, 5.41) is 3.44. The Kier molecular flexibility index (Phi) is 8.26. The van der Waals surface area contributed by atoms with Crippen LogP contribution in [0, 0.1) is 17.8 Å². The topological polar surface area (TPSA) is 12.0 Å². The van der Waals surface area contributed by atoms with Gasteiger partial charge in [-0.1, -0.05) is 47.5 Å². The van der Waals surface area contributed by atoms with Gasteiger partial charge in [0.15, 0.2) is 0 Å². The lowest BCUT2D eigenvalue weighted by Crippen LogP contribution is -2.26. The summed E-state index contributed by atoms with van der Waals surface area (Å²) in [6, 6.07) is 0. The summed E-state index contributed by atoms with van der Waals surface area (Å²) in [5.41, 5.74) is 0. The van der Waals surface area contributed by atoms with E-state index in [9.17, 15) is 0 Å². The van der Waals surface area contributed by atoms with Crippen LogP contribution >= 0.6 is 0 Å². The first-order valence-electron chi connectivity index (χ1n) is 6.36. The van der Waals surface area contributed by atoms with E-state index in [4.69, 9.17) is 0 Å². The van der Waals surface area contributed by atoms with Crippen molar-refractivity contribution in [2.45, 2.75) is 53.9 Å². The SMILES string of the molecule is CCNCC(C)C(C)CC(CC)CC. The maximum Gasteiger partial charge on any atom is -0.00207 e. The molecule has 0 bridgehead atoms. The molecule has 0 rings (SSSR count). The Balaban J connectivity index is 3.74. The average molecular weight is 199 g/mol. The Morgan fingerprint density at radius 1 is 0.929 bits per heavy atom. The normalized spacial score (nSPS) is 15.9. The minimum absolute atomic E-state index is 0.815. The molecule has 2 unspecified atom stereocenters. The van der Waals surface area contributed by atoms with Gasteiger partial charge in [0.1, 0.15) is 0 Å². The van der Waals surface area contributed by atoms with Crippen molar-refractivity contribution in [2.24, 2.45) is 17.8 Å². The molecule has 2 atom stereocenters. The van der Waals surface area contributed by atoms with Gasteiger partial charge >= 0.3 is 0 Å². The first kappa shape index (κ1) is 14.0. The summed E-state index contributed by atoms with van der Waals surface area (Å²) < 4.78 is 0. The van der Waals surface area contributed by atoms with E-state index in [0.717, 1.165) is 24.3 Å². The van der Waals surface area contributed by atoms with Crippen molar-refractivity contribution >= 4 is 0 Å². The first-order chi connectivity index (χ1) is 6.65. The highest BCUT2D eigenvalue weighted by atomic mass is 14.8. The number of rotatable bonds is 8. The molecule has 14 heavy (non-hydrogen) atoms. The van der Waals surface area contributed by atoms with Gasteiger partial charge in [-0.15, -0.1) is 0 Å². The summed E-state index contributed by atoms with van der Waals surface area (Å²) in [6.45, 7) is 13.9. The van der Waals surface area contributed by atoms with E-state index < -0.39 is 0 Å². The summed E-state index contributed by atoms with van der Waals surface area (Å²) in [4.78, 5) is 0. The molecule has 0 heterocycles. The fourth-order valence-corrected chi connectivity index (χ4v) is 1.95. The average Bonchev–Trinajstić information content (AvgIpc) is 2.21. The molecule has 0 saturated carbocycles. The van der Waals surface area contributed by atoms with Gasteiger partial charge in [0.05, 0.1) is 0 Å². The summed E-state index contributed by atoms with van der Waals surface area (Å²) in [6.07, 6.45) is 4.09. The zero-order chi connectivity index (χ0) is 11.0. The molecule has 0 aromatic carbocycles. The molecular weight excluding hydrogens is 170 g/mol. The molecule has 0 saturated heterocycles. The van der Waals surface area contributed by atoms with Crippen LogP contribution in [-0.4, -0.2) is 13.1 Å². The van der Waals surface area contributed by atoms with E-state index in [0.29, 0.717) is 0 Å². The van der Waals surface area contributed by atoms with Gasteiger partial charge in [0.25, 0.3) is 0 Å². The van der Waals surface area contributed by atoms with Gasteiger partial charge in [0, 0.05) is 0 Å². The Labute approximate surface area is 90.7 Å². The Hall–Kier alpha value is -0.0400. The molecule has 0 aliphatic heterocycles. The molecule has 0 aromatic rings. The molecule has 86 valence electrons. The van der Waals surface area contributed by atoms with Crippen LogP contribution < -0.4 is 5.32 Å². The van der Waals surface area contributed by atoms with Crippen LogP contribution in [0.2, 0.25) is 0 Å². The van der Waals surface area contributed by atoms with Crippen molar-refractivity contribution in [3.8, 4) is 0 Å². The van der Waals surface area contributed by atoms with Gasteiger partial charge in [-0.25, -0.2) is 0 Å². The van der Waals surface area contributed by atoms with E-state index in [1.165, 1.54) is 25.8 Å². The van der Waals surface area contributed by atoms with Crippen molar-refractivity contribution in [2.75, 3.05) is 13.1 Å². The molecular formula is C13H29N. The monoisotopic (exact) mass is 199 g/mol. The van der Waals surface area contributed by atoms with Crippen molar-refractivity contribution < 1.29 is 0 Å². The second kappa shape index (κ2) is 8.28. The van der Waals surface area contributed by atoms with Crippen molar-refractivity contribution in [3.05, 3.63) is 0 Å².